The molecule has 1 saturated carbocycles. The van der Waals surface area contributed by atoms with Gasteiger partial charge in [0.2, 0.25) is 0 Å². The van der Waals surface area contributed by atoms with Crippen LogP contribution in [-0.4, -0.2) is 61.1 Å². The SMILES string of the molecule is COc1ccc(N2CCN(CC(=O)c3sc(C)nc3C)[C@@H](Cc3ccccc3)C2)cc1OC1CCCC1. The Hall–Kier alpha value is -2.90. The van der Waals surface area contributed by atoms with Crippen LogP contribution in [0.15, 0.2) is 48.5 Å². The number of benzene rings is 2. The molecule has 1 aliphatic carbocycles. The van der Waals surface area contributed by atoms with E-state index in [2.05, 4.69) is 57.2 Å². The number of carbonyl (C=O) groups excluding carboxylic acids is 1. The van der Waals surface area contributed by atoms with E-state index in [1.54, 1.807) is 7.11 Å². The summed E-state index contributed by atoms with van der Waals surface area (Å²) < 4.78 is 12.0. The number of aryl methyl sites for hydroxylation is 2. The fourth-order valence-electron chi connectivity index (χ4n) is 5.60. The number of thiazole rings is 1. The average molecular weight is 520 g/mol. The predicted molar refractivity (Wildman–Crippen MR) is 150 cm³/mol. The molecule has 0 unspecified atom stereocenters. The normalized spacial score (nSPS) is 18.8. The first-order valence-electron chi connectivity index (χ1n) is 13.3. The maximum absolute atomic E-state index is 13.3. The Kier molecular flexibility index (Phi) is 8.11. The van der Waals surface area contributed by atoms with Gasteiger partial charge in [-0.05, 0) is 63.6 Å². The van der Waals surface area contributed by atoms with Crippen molar-refractivity contribution in [3.05, 3.63) is 69.7 Å². The van der Waals surface area contributed by atoms with Crippen LogP contribution in [-0.2, 0) is 6.42 Å². The van der Waals surface area contributed by atoms with Gasteiger partial charge in [0.25, 0.3) is 0 Å². The highest BCUT2D eigenvalue weighted by atomic mass is 32.1. The number of hydrogen-bond acceptors (Lipinski definition) is 7. The van der Waals surface area contributed by atoms with Gasteiger partial charge in [-0.15, -0.1) is 11.3 Å². The summed E-state index contributed by atoms with van der Waals surface area (Å²) in [7, 11) is 1.70. The first-order valence-corrected chi connectivity index (χ1v) is 14.2. The maximum Gasteiger partial charge on any atom is 0.188 e. The van der Waals surface area contributed by atoms with Crippen LogP contribution in [0.4, 0.5) is 5.69 Å². The molecule has 1 aromatic heterocycles. The number of nitrogens with zero attached hydrogens (tertiary/aromatic N) is 3. The Morgan fingerprint density at radius 1 is 1.05 bits per heavy atom. The molecule has 0 N–H and O–H groups in total. The van der Waals surface area contributed by atoms with E-state index in [9.17, 15) is 4.79 Å². The van der Waals surface area contributed by atoms with Gasteiger partial charge >= 0.3 is 0 Å². The van der Waals surface area contributed by atoms with E-state index in [0.29, 0.717) is 6.54 Å². The highest BCUT2D eigenvalue weighted by molar-refractivity contribution is 7.13. The summed E-state index contributed by atoms with van der Waals surface area (Å²) in [4.78, 5) is 23.3. The molecule has 7 heteroatoms. The topological polar surface area (TPSA) is 54.9 Å². The summed E-state index contributed by atoms with van der Waals surface area (Å²) in [5.74, 6) is 1.79. The highest BCUT2D eigenvalue weighted by Gasteiger charge is 2.30. The van der Waals surface area contributed by atoms with Crippen LogP contribution in [0.3, 0.4) is 0 Å². The Morgan fingerprint density at radius 3 is 2.54 bits per heavy atom. The third-order valence-electron chi connectivity index (χ3n) is 7.53. The molecule has 1 aliphatic heterocycles. The van der Waals surface area contributed by atoms with E-state index in [1.165, 1.54) is 29.7 Å². The zero-order chi connectivity index (χ0) is 25.8. The van der Waals surface area contributed by atoms with Gasteiger partial charge in [0.05, 0.1) is 35.3 Å². The predicted octanol–water partition coefficient (Wildman–Crippen LogP) is 5.71. The third kappa shape index (κ3) is 6.16. The first kappa shape index (κ1) is 25.7. The van der Waals surface area contributed by atoms with Crippen molar-refractivity contribution in [3.8, 4) is 11.5 Å². The van der Waals surface area contributed by atoms with Crippen LogP contribution in [0.25, 0.3) is 0 Å². The minimum atomic E-state index is 0.173. The molecule has 0 spiro atoms. The second-order valence-electron chi connectivity index (χ2n) is 10.2. The molecule has 5 rings (SSSR count). The smallest absolute Gasteiger partial charge is 0.188 e. The van der Waals surface area contributed by atoms with Gasteiger partial charge in [-0.1, -0.05) is 30.3 Å². The molecule has 2 fully saturated rings. The van der Waals surface area contributed by atoms with Gasteiger partial charge in [0, 0.05) is 37.4 Å². The second kappa shape index (κ2) is 11.7. The number of methoxy groups -OCH3 is 1. The number of anilines is 1. The van der Waals surface area contributed by atoms with Crippen molar-refractivity contribution >= 4 is 22.8 Å². The number of ketones is 1. The lowest BCUT2D eigenvalue weighted by Gasteiger charge is -2.42. The molecular formula is C30H37N3O3S. The van der Waals surface area contributed by atoms with Gasteiger partial charge < -0.3 is 14.4 Å². The van der Waals surface area contributed by atoms with Crippen molar-refractivity contribution in [1.29, 1.82) is 0 Å². The molecule has 2 aromatic carbocycles. The standard InChI is InChI=1S/C30H37N3O3S/c1-21-30(37-22(2)31-21)27(34)20-33-16-15-32(19-25(33)17-23-9-5-4-6-10-23)24-13-14-28(35-3)29(18-24)36-26-11-7-8-12-26/h4-6,9-10,13-14,18,25-26H,7-8,11-12,15-17,19-20H2,1-3H3/t25-/m0/s1. The summed E-state index contributed by atoms with van der Waals surface area (Å²) >= 11 is 1.51. The molecule has 196 valence electrons. The number of carbonyl (C=O) groups is 1. The molecule has 0 bridgehead atoms. The summed E-state index contributed by atoms with van der Waals surface area (Å²) in [6, 6.07) is 17.1. The number of hydrogen-bond donors (Lipinski definition) is 0. The Morgan fingerprint density at radius 2 is 1.84 bits per heavy atom. The van der Waals surface area contributed by atoms with Crippen LogP contribution in [0, 0.1) is 13.8 Å². The Balaban J connectivity index is 1.35. The largest absolute Gasteiger partial charge is 0.493 e. The van der Waals surface area contributed by atoms with E-state index in [1.807, 2.05) is 19.9 Å². The van der Waals surface area contributed by atoms with Crippen molar-refractivity contribution in [3.63, 3.8) is 0 Å². The summed E-state index contributed by atoms with van der Waals surface area (Å²) in [6.07, 6.45) is 5.85. The van der Waals surface area contributed by atoms with Crippen LogP contribution >= 0.6 is 11.3 Å². The summed E-state index contributed by atoms with van der Waals surface area (Å²) in [5, 5.41) is 0.946. The summed E-state index contributed by atoms with van der Waals surface area (Å²) in [5.41, 5.74) is 3.28. The third-order valence-corrected chi connectivity index (χ3v) is 8.64. The van der Waals surface area contributed by atoms with E-state index >= 15 is 0 Å². The lowest BCUT2D eigenvalue weighted by Crippen LogP contribution is -2.55. The van der Waals surface area contributed by atoms with Crippen molar-refractivity contribution in [1.82, 2.24) is 9.88 Å². The molecule has 0 radical (unpaired) electrons. The molecule has 3 aromatic rings. The number of rotatable bonds is 9. The summed E-state index contributed by atoms with van der Waals surface area (Å²) in [6.45, 7) is 6.85. The molecule has 6 nitrogen and oxygen atoms in total. The Bertz CT molecular complexity index is 1210. The van der Waals surface area contributed by atoms with Gasteiger partial charge in [0.15, 0.2) is 17.3 Å². The van der Waals surface area contributed by atoms with Crippen molar-refractivity contribution in [2.45, 2.75) is 58.1 Å². The number of piperazine rings is 1. The molecule has 1 saturated heterocycles. The average Bonchev–Trinajstić information content (AvgIpc) is 3.54. The lowest BCUT2D eigenvalue weighted by molar-refractivity contribution is 0.0878. The molecule has 2 aliphatic rings. The minimum Gasteiger partial charge on any atom is -0.493 e. The van der Waals surface area contributed by atoms with Crippen molar-refractivity contribution < 1.29 is 14.3 Å². The van der Waals surface area contributed by atoms with Crippen molar-refractivity contribution in [2.75, 3.05) is 38.2 Å². The second-order valence-corrected chi connectivity index (χ2v) is 11.4. The number of ether oxygens (including phenoxy) is 2. The number of aromatic nitrogens is 1. The quantitative estimate of drug-likeness (QED) is 0.338. The Labute approximate surface area is 224 Å². The number of Topliss-reactive ketones (excluding diaryl/α,β-unsaturated/α-hetero) is 1. The zero-order valence-corrected chi connectivity index (χ0v) is 22.9. The molecular weight excluding hydrogens is 482 g/mol. The molecule has 2 heterocycles. The van der Waals surface area contributed by atoms with Crippen LogP contribution in [0.2, 0.25) is 0 Å². The molecule has 37 heavy (non-hydrogen) atoms. The van der Waals surface area contributed by atoms with Crippen LogP contribution < -0.4 is 14.4 Å². The zero-order valence-electron chi connectivity index (χ0n) is 22.1. The van der Waals surface area contributed by atoms with Crippen LogP contribution in [0.1, 0.15) is 51.6 Å². The first-order chi connectivity index (χ1) is 18.0. The van der Waals surface area contributed by atoms with Gasteiger partial charge in [-0.3, -0.25) is 9.69 Å². The molecule has 0 amide bonds. The maximum atomic E-state index is 13.3. The fourth-order valence-corrected chi connectivity index (χ4v) is 6.45. The van der Waals surface area contributed by atoms with E-state index in [0.717, 1.165) is 71.7 Å². The van der Waals surface area contributed by atoms with Crippen molar-refractivity contribution in [2.24, 2.45) is 0 Å². The minimum absolute atomic E-state index is 0.173. The monoisotopic (exact) mass is 519 g/mol. The van der Waals surface area contributed by atoms with Crippen LogP contribution in [0.5, 0.6) is 11.5 Å². The highest BCUT2D eigenvalue weighted by Crippen LogP contribution is 2.36. The van der Waals surface area contributed by atoms with E-state index in [-0.39, 0.29) is 17.9 Å². The molecule has 1 atom stereocenters. The fraction of sp³-hybridized carbons (Fsp3) is 0.467. The van der Waals surface area contributed by atoms with Gasteiger partial charge in [-0.25, -0.2) is 4.98 Å². The lowest BCUT2D eigenvalue weighted by atomic mass is 10.0. The van der Waals surface area contributed by atoms with Gasteiger partial charge in [-0.2, -0.15) is 0 Å². The van der Waals surface area contributed by atoms with E-state index < -0.39 is 0 Å². The van der Waals surface area contributed by atoms with E-state index in [4.69, 9.17) is 9.47 Å². The van der Waals surface area contributed by atoms with Gasteiger partial charge in [0.1, 0.15) is 0 Å².